The highest BCUT2D eigenvalue weighted by atomic mass is 79.9. The highest BCUT2D eigenvalue weighted by Gasteiger charge is 2.22. The summed E-state index contributed by atoms with van der Waals surface area (Å²) in [5.41, 5.74) is 2.90. The Hall–Kier alpha value is -2.18. The Morgan fingerprint density at radius 1 is 1.08 bits per heavy atom. The molecule has 3 aromatic rings. The van der Waals surface area contributed by atoms with Crippen molar-refractivity contribution >= 4 is 27.5 Å². The normalized spacial score (nSPS) is 15.6. The van der Waals surface area contributed by atoms with Crippen LogP contribution in [0.3, 0.4) is 0 Å². The zero-order valence-corrected chi connectivity index (χ0v) is 15.4. The maximum absolute atomic E-state index is 12.6. The van der Waals surface area contributed by atoms with Crippen LogP contribution in [-0.2, 0) is 6.54 Å². The van der Waals surface area contributed by atoms with Crippen LogP contribution in [-0.4, -0.2) is 51.3 Å². The van der Waals surface area contributed by atoms with Gasteiger partial charge in [0.25, 0.3) is 5.91 Å². The summed E-state index contributed by atoms with van der Waals surface area (Å²) < 4.78 is 3.06. The topological polar surface area (TPSA) is 40.9 Å². The molecule has 1 saturated heterocycles. The maximum atomic E-state index is 12.6. The minimum atomic E-state index is 0.107. The summed E-state index contributed by atoms with van der Waals surface area (Å²) in [4.78, 5) is 21.4. The second kappa shape index (κ2) is 6.98. The first-order chi connectivity index (χ1) is 12.2. The second-order valence-corrected chi connectivity index (χ2v) is 7.17. The Balaban J connectivity index is 1.39. The van der Waals surface area contributed by atoms with Crippen LogP contribution < -0.4 is 0 Å². The lowest BCUT2D eigenvalue weighted by molar-refractivity contribution is 0.0626. The SMILES string of the molecule is O=C(c1cccc(Br)c1)N1CCN(Cc2cnc3ccccn23)CC1. The third-order valence-electron chi connectivity index (χ3n) is 4.61. The van der Waals surface area contributed by atoms with Gasteiger partial charge in [-0.3, -0.25) is 9.69 Å². The highest BCUT2D eigenvalue weighted by molar-refractivity contribution is 9.10. The van der Waals surface area contributed by atoms with Gasteiger partial charge in [0.15, 0.2) is 0 Å². The van der Waals surface area contributed by atoms with Gasteiger partial charge in [-0.15, -0.1) is 0 Å². The molecule has 0 aliphatic carbocycles. The number of aromatic nitrogens is 2. The van der Waals surface area contributed by atoms with Gasteiger partial charge >= 0.3 is 0 Å². The van der Waals surface area contributed by atoms with Gasteiger partial charge in [-0.1, -0.05) is 28.1 Å². The average molecular weight is 399 g/mol. The van der Waals surface area contributed by atoms with Crippen LogP contribution in [0.15, 0.2) is 59.3 Å². The van der Waals surface area contributed by atoms with Crippen molar-refractivity contribution in [2.75, 3.05) is 26.2 Å². The molecule has 6 heteroatoms. The van der Waals surface area contributed by atoms with Gasteiger partial charge in [0.2, 0.25) is 0 Å². The fraction of sp³-hybridized carbons (Fsp3) is 0.263. The summed E-state index contributed by atoms with van der Waals surface area (Å²) in [6, 6.07) is 13.6. The molecule has 0 atom stereocenters. The van der Waals surface area contributed by atoms with Crippen LogP contribution in [0.2, 0.25) is 0 Å². The lowest BCUT2D eigenvalue weighted by Crippen LogP contribution is -2.48. The molecule has 1 amide bonds. The number of piperazine rings is 1. The summed E-state index contributed by atoms with van der Waals surface area (Å²) in [5, 5.41) is 0. The molecule has 1 fully saturated rings. The molecular weight excluding hydrogens is 380 g/mol. The van der Waals surface area contributed by atoms with E-state index in [1.165, 1.54) is 5.69 Å². The van der Waals surface area contributed by atoms with Crippen molar-refractivity contribution in [3.8, 4) is 0 Å². The van der Waals surface area contributed by atoms with Gasteiger partial charge in [-0.25, -0.2) is 4.98 Å². The summed E-state index contributed by atoms with van der Waals surface area (Å²) in [5.74, 6) is 0.107. The largest absolute Gasteiger partial charge is 0.336 e. The molecule has 1 aromatic carbocycles. The van der Waals surface area contributed by atoms with Crippen molar-refractivity contribution < 1.29 is 4.79 Å². The molecule has 1 aliphatic rings. The standard InChI is InChI=1S/C19H19BrN4O/c20-16-5-3-4-15(12-16)19(25)23-10-8-22(9-11-23)14-17-13-21-18-6-1-2-7-24(17)18/h1-7,12-13H,8-11,14H2. The van der Waals surface area contributed by atoms with E-state index in [-0.39, 0.29) is 5.91 Å². The van der Waals surface area contributed by atoms with E-state index in [0.29, 0.717) is 0 Å². The molecule has 128 valence electrons. The van der Waals surface area contributed by atoms with Crippen molar-refractivity contribution in [2.24, 2.45) is 0 Å². The molecule has 1 aliphatic heterocycles. The molecule has 0 radical (unpaired) electrons. The number of carbonyl (C=O) groups excluding carboxylic acids is 1. The van der Waals surface area contributed by atoms with Crippen LogP contribution >= 0.6 is 15.9 Å². The molecule has 0 N–H and O–H groups in total. The van der Waals surface area contributed by atoms with Gasteiger partial charge in [0, 0.05) is 49.0 Å². The number of imidazole rings is 1. The molecule has 5 nitrogen and oxygen atoms in total. The van der Waals surface area contributed by atoms with Crippen molar-refractivity contribution in [3.63, 3.8) is 0 Å². The number of halogens is 1. The second-order valence-electron chi connectivity index (χ2n) is 6.26. The quantitative estimate of drug-likeness (QED) is 0.680. The third-order valence-corrected chi connectivity index (χ3v) is 5.10. The van der Waals surface area contributed by atoms with E-state index in [0.717, 1.165) is 48.4 Å². The Kier molecular flexibility index (Phi) is 4.55. The van der Waals surface area contributed by atoms with Crippen molar-refractivity contribution in [1.82, 2.24) is 19.2 Å². The first-order valence-electron chi connectivity index (χ1n) is 8.39. The number of benzene rings is 1. The molecule has 0 spiro atoms. The molecular formula is C19H19BrN4O. The number of pyridine rings is 1. The van der Waals surface area contributed by atoms with Crippen molar-refractivity contribution in [2.45, 2.75) is 6.54 Å². The number of amides is 1. The number of hydrogen-bond donors (Lipinski definition) is 0. The molecule has 0 saturated carbocycles. The van der Waals surface area contributed by atoms with E-state index >= 15 is 0 Å². The van der Waals surface area contributed by atoms with E-state index < -0.39 is 0 Å². The molecule has 25 heavy (non-hydrogen) atoms. The third kappa shape index (κ3) is 3.45. The fourth-order valence-electron chi connectivity index (χ4n) is 3.24. The van der Waals surface area contributed by atoms with Crippen molar-refractivity contribution in [3.05, 3.63) is 70.6 Å². The Bertz CT molecular complexity index is 899. The number of fused-ring (bicyclic) bond motifs is 1. The van der Waals surface area contributed by atoms with Gasteiger partial charge in [-0.2, -0.15) is 0 Å². The lowest BCUT2D eigenvalue weighted by atomic mass is 10.2. The van der Waals surface area contributed by atoms with Crippen LogP contribution in [0.4, 0.5) is 0 Å². The van der Waals surface area contributed by atoms with E-state index in [4.69, 9.17) is 0 Å². The molecule has 0 bridgehead atoms. The van der Waals surface area contributed by atoms with Crippen LogP contribution in [0.5, 0.6) is 0 Å². The van der Waals surface area contributed by atoms with Crippen LogP contribution in [0.25, 0.3) is 5.65 Å². The summed E-state index contributed by atoms with van der Waals surface area (Å²) in [6.07, 6.45) is 3.99. The Morgan fingerprint density at radius 3 is 2.72 bits per heavy atom. The predicted molar refractivity (Wildman–Crippen MR) is 101 cm³/mol. The Labute approximate surface area is 155 Å². The molecule has 2 aromatic heterocycles. The minimum absolute atomic E-state index is 0.107. The molecule has 4 rings (SSSR count). The molecule has 3 heterocycles. The summed E-state index contributed by atoms with van der Waals surface area (Å²) in [6.45, 7) is 4.11. The molecule has 0 unspecified atom stereocenters. The van der Waals surface area contributed by atoms with Crippen molar-refractivity contribution in [1.29, 1.82) is 0 Å². The number of nitrogens with zero attached hydrogens (tertiary/aromatic N) is 4. The van der Waals surface area contributed by atoms with E-state index in [2.05, 4.69) is 30.2 Å². The van der Waals surface area contributed by atoms with Gasteiger partial charge in [0.1, 0.15) is 5.65 Å². The monoisotopic (exact) mass is 398 g/mol. The lowest BCUT2D eigenvalue weighted by Gasteiger charge is -2.34. The first kappa shape index (κ1) is 16.3. The number of rotatable bonds is 3. The number of hydrogen-bond acceptors (Lipinski definition) is 3. The van der Waals surface area contributed by atoms with E-state index in [1.54, 1.807) is 0 Å². The predicted octanol–water partition coefficient (Wildman–Crippen LogP) is 3.05. The van der Waals surface area contributed by atoms with E-state index in [1.807, 2.05) is 59.8 Å². The minimum Gasteiger partial charge on any atom is -0.336 e. The van der Waals surface area contributed by atoms with Crippen LogP contribution in [0, 0.1) is 0 Å². The first-order valence-corrected chi connectivity index (χ1v) is 9.18. The zero-order valence-electron chi connectivity index (χ0n) is 13.8. The Morgan fingerprint density at radius 2 is 1.92 bits per heavy atom. The van der Waals surface area contributed by atoms with E-state index in [9.17, 15) is 4.79 Å². The highest BCUT2D eigenvalue weighted by Crippen LogP contribution is 2.16. The summed E-state index contributed by atoms with van der Waals surface area (Å²) >= 11 is 3.43. The smallest absolute Gasteiger partial charge is 0.253 e. The number of carbonyl (C=O) groups is 1. The van der Waals surface area contributed by atoms with Gasteiger partial charge in [0.05, 0.1) is 11.9 Å². The average Bonchev–Trinajstić information content (AvgIpc) is 3.05. The summed E-state index contributed by atoms with van der Waals surface area (Å²) in [7, 11) is 0. The fourth-order valence-corrected chi connectivity index (χ4v) is 3.64. The zero-order chi connectivity index (χ0) is 17.2. The van der Waals surface area contributed by atoms with Gasteiger partial charge < -0.3 is 9.30 Å². The van der Waals surface area contributed by atoms with Crippen LogP contribution in [0.1, 0.15) is 16.1 Å². The maximum Gasteiger partial charge on any atom is 0.253 e. The van der Waals surface area contributed by atoms with Gasteiger partial charge in [-0.05, 0) is 30.3 Å².